The van der Waals surface area contributed by atoms with Crippen LogP contribution in [0.2, 0.25) is 0 Å². The Morgan fingerprint density at radius 3 is 2.30 bits per heavy atom. The summed E-state index contributed by atoms with van der Waals surface area (Å²) < 4.78 is 10.6. The summed E-state index contributed by atoms with van der Waals surface area (Å²) in [5.74, 6) is -2.55. The van der Waals surface area contributed by atoms with Crippen molar-refractivity contribution in [1.29, 1.82) is 0 Å². The minimum atomic E-state index is -1.10. The standard InChI is InChI=1S/C32H50N4O7/c1-8-10-16-22(26(37)28(39)33-19-42-17-9-2)34-27(38)25-23-21(32(23,6)7)18-36(25)29(40)24(20-14-12-11-13-15-20)35-30(41)43-31(3,4)5/h8-9,20-25H,1-2,10-19H2,3-7H3,(H,33,39)(H,34,38)(H,35,41)/t21?,22?,23-,24-,25-/m0/s1. The molecule has 2 saturated carbocycles. The summed E-state index contributed by atoms with van der Waals surface area (Å²) >= 11 is 0. The zero-order valence-electron chi connectivity index (χ0n) is 26.4. The molecule has 240 valence electrons. The molecule has 3 fully saturated rings. The third-order valence-corrected chi connectivity index (χ3v) is 8.91. The maximum absolute atomic E-state index is 14.2. The number of piperidine rings is 1. The molecular formula is C32H50N4O7. The molecule has 0 aromatic heterocycles. The van der Waals surface area contributed by atoms with E-state index in [9.17, 15) is 24.0 Å². The fraction of sp³-hybridized carbons (Fsp3) is 0.719. The first-order valence-corrected chi connectivity index (χ1v) is 15.4. The van der Waals surface area contributed by atoms with Crippen LogP contribution in [0.3, 0.4) is 0 Å². The summed E-state index contributed by atoms with van der Waals surface area (Å²) in [7, 11) is 0. The molecule has 0 bridgehead atoms. The fourth-order valence-corrected chi connectivity index (χ4v) is 6.59. The van der Waals surface area contributed by atoms with E-state index in [0.717, 1.165) is 32.1 Å². The third kappa shape index (κ3) is 8.68. The van der Waals surface area contributed by atoms with Gasteiger partial charge in [-0.05, 0) is 69.6 Å². The molecule has 4 amide bonds. The van der Waals surface area contributed by atoms with Gasteiger partial charge < -0.3 is 30.3 Å². The number of carbonyl (C=O) groups is 5. The van der Waals surface area contributed by atoms with E-state index >= 15 is 0 Å². The smallest absolute Gasteiger partial charge is 0.408 e. The molecule has 0 radical (unpaired) electrons. The summed E-state index contributed by atoms with van der Waals surface area (Å²) in [6.45, 7) is 17.1. The van der Waals surface area contributed by atoms with E-state index in [-0.39, 0.29) is 48.8 Å². The molecule has 3 rings (SSSR count). The number of Topliss-reactive ketones (excluding diaryl/α,β-unsaturated/α-hetero) is 1. The second-order valence-electron chi connectivity index (χ2n) is 13.5. The lowest BCUT2D eigenvalue weighted by Gasteiger charge is -2.37. The molecule has 11 heteroatoms. The lowest BCUT2D eigenvalue weighted by atomic mass is 9.83. The summed E-state index contributed by atoms with van der Waals surface area (Å²) in [6.07, 6.45) is 7.61. The molecule has 2 aliphatic carbocycles. The predicted octanol–water partition coefficient (Wildman–Crippen LogP) is 3.24. The van der Waals surface area contributed by atoms with Crippen LogP contribution in [0.1, 0.15) is 79.6 Å². The summed E-state index contributed by atoms with van der Waals surface area (Å²) in [5, 5.41) is 8.03. The van der Waals surface area contributed by atoms with Crippen molar-refractivity contribution in [2.75, 3.05) is 19.9 Å². The number of nitrogens with one attached hydrogen (secondary N) is 3. The van der Waals surface area contributed by atoms with Crippen LogP contribution < -0.4 is 16.0 Å². The fourth-order valence-electron chi connectivity index (χ4n) is 6.59. The van der Waals surface area contributed by atoms with E-state index in [1.54, 1.807) is 31.7 Å². The largest absolute Gasteiger partial charge is 0.444 e. The molecule has 3 aliphatic rings. The third-order valence-electron chi connectivity index (χ3n) is 8.91. The highest BCUT2D eigenvalue weighted by Gasteiger charge is 2.69. The highest BCUT2D eigenvalue weighted by Crippen LogP contribution is 2.65. The van der Waals surface area contributed by atoms with Gasteiger partial charge in [0.1, 0.15) is 24.4 Å². The highest BCUT2D eigenvalue weighted by molar-refractivity contribution is 6.38. The molecular weight excluding hydrogens is 552 g/mol. The Labute approximate surface area is 255 Å². The van der Waals surface area contributed by atoms with Crippen molar-refractivity contribution >= 4 is 29.6 Å². The zero-order chi connectivity index (χ0) is 31.9. The topological polar surface area (TPSA) is 143 Å². The second-order valence-corrected chi connectivity index (χ2v) is 13.5. The van der Waals surface area contributed by atoms with Gasteiger partial charge in [-0.2, -0.15) is 0 Å². The van der Waals surface area contributed by atoms with Gasteiger partial charge in [0, 0.05) is 6.54 Å². The predicted molar refractivity (Wildman–Crippen MR) is 162 cm³/mol. The number of alkyl carbamates (subject to hydrolysis) is 1. The molecule has 0 spiro atoms. The van der Waals surface area contributed by atoms with E-state index < -0.39 is 47.4 Å². The highest BCUT2D eigenvalue weighted by atomic mass is 16.6. The van der Waals surface area contributed by atoms with Gasteiger partial charge in [-0.3, -0.25) is 19.2 Å². The molecule has 3 N–H and O–H groups in total. The molecule has 43 heavy (non-hydrogen) atoms. The maximum atomic E-state index is 14.2. The number of hydrogen-bond donors (Lipinski definition) is 3. The Bertz CT molecular complexity index is 1080. The number of hydrogen-bond acceptors (Lipinski definition) is 7. The van der Waals surface area contributed by atoms with Gasteiger partial charge >= 0.3 is 6.09 Å². The lowest BCUT2D eigenvalue weighted by Crippen LogP contribution is -2.59. The van der Waals surface area contributed by atoms with E-state index in [1.165, 1.54) is 6.08 Å². The van der Waals surface area contributed by atoms with Crippen molar-refractivity contribution in [2.45, 2.75) is 103 Å². The average molecular weight is 603 g/mol. The van der Waals surface area contributed by atoms with Crippen molar-refractivity contribution in [3.8, 4) is 0 Å². The van der Waals surface area contributed by atoms with Crippen LogP contribution in [0.15, 0.2) is 25.3 Å². The summed E-state index contributed by atoms with van der Waals surface area (Å²) in [5.41, 5.74) is -0.902. The first kappa shape index (κ1) is 34.3. The quantitative estimate of drug-likeness (QED) is 0.120. The van der Waals surface area contributed by atoms with Gasteiger partial charge in [-0.15, -0.1) is 13.2 Å². The van der Waals surface area contributed by atoms with Crippen molar-refractivity contribution in [3.63, 3.8) is 0 Å². The van der Waals surface area contributed by atoms with E-state index in [2.05, 4.69) is 43.0 Å². The van der Waals surface area contributed by atoms with Crippen LogP contribution in [0, 0.1) is 23.2 Å². The Hall–Kier alpha value is -3.21. The monoisotopic (exact) mass is 602 g/mol. The van der Waals surface area contributed by atoms with Gasteiger partial charge in [0.2, 0.25) is 17.6 Å². The minimum Gasteiger partial charge on any atom is -0.444 e. The molecule has 1 saturated heterocycles. The Kier molecular flexibility index (Phi) is 11.6. The number of allylic oxidation sites excluding steroid dienone is 1. The SMILES string of the molecule is C=CCCC(NC(=O)[C@@H]1[C@@H]2C(CN1C(=O)[C@@H](NC(=O)OC(C)(C)C)C1CCCCC1)C2(C)C)C(=O)C(=O)NCOCC=C. The zero-order valence-corrected chi connectivity index (χ0v) is 26.4. The number of rotatable bonds is 14. The van der Waals surface area contributed by atoms with Crippen LogP contribution in [0.4, 0.5) is 4.79 Å². The van der Waals surface area contributed by atoms with Gasteiger partial charge in [-0.1, -0.05) is 45.3 Å². The Morgan fingerprint density at radius 1 is 1.02 bits per heavy atom. The van der Waals surface area contributed by atoms with Gasteiger partial charge in [-0.25, -0.2) is 4.79 Å². The molecule has 0 aromatic carbocycles. The minimum absolute atomic E-state index is 0.0728. The van der Waals surface area contributed by atoms with Crippen LogP contribution in [-0.2, 0) is 28.7 Å². The Balaban J connectivity index is 1.81. The van der Waals surface area contributed by atoms with Crippen molar-refractivity contribution < 1.29 is 33.4 Å². The van der Waals surface area contributed by atoms with Crippen LogP contribution >= 0.6 is 0 Å². The van der Waals surface area contributed by atoms with Crippen molar-refractivity contribution in [1.82, 2.24) is 20.9 Å². The average Bonchev–Trinajstić information content (AvgIpc) is 3.27. The van der Waals surface area contributed by atoms with Gasteiger partial charge in [0.15, 0.2) is 0 Å². The maximum Gasteiger partial charge on any atom is 0.408 e. The molecule has 1 aliphatic heterocycles. The number of amides is 4. The van der Waals surface area contributed by atoms with Crippen molar-refractivity contribution in [3.05, 3.63) is 25.3 Å². The first-order chi connectivity index (χ1) is 20.2. The number of likely N-dealkylation sites (tertiary alicyclic amines) is 1. The molecule has 1 heterocycles. The van der Waals surface area contributed by atoms with E-state index in [1.807, 2.05) is 0 Å². The number of fused-ring (bicyclic) bond motifs is 1. The van der Waals surface area contributed by atoms with Gasteiger partial charge in [0.25, 0.3) is 5.91 Å². The van der Waals surface area contributed by atoms with Crippen molar-refractivity contribution in [2.24, 2.45) is 23.2 Å². The van der Waals surface area contributed by atoms with E-state index in [4.69, 9.17) is 9.47 Å². The number of ether oxygens (including phenoxy) is 2. The molecule has 2 unspecified atom stereocenters. The van der Waals surface area contributed by atoms with Crippen LogP contribution in [-0.4, -0.2) is 78.1 Å². The summed E-state index contributed by atoms with van der Waals surface area (Å²) in [6, 6.07) is -2.76. The number of ketones is 1. The first-order valence-electron chi connectivity index (χ1n) is 15.4. The second kappa shape index (κ2) is 14.5. The molecule has 5 atom stereocenters. The van der Waals surface area contributed by atoms with Gasteiger partial charge in [0.05, 0.1) is 12.6 Å². The normalized spacial score (nSPS) is 24.1. The number of carbonyl (C=O) groups excluding carboxylic acids is 5. The lowest BCUT2D eigenvalue weighted by molar-refractivity contribution is -0.145. The number of nitrogens with zero attached hydrogens (tertiary/aromatic N) is 1. The van der Waals surface area contributed by atoms with E-state index in [0.29, 0.717) is 13.0 Å². The Morgan fingerprint density at radius 2 is 1.70 bits per heavy atom. The van der Waals surface area contributed by atoms with Crippen LogP contribution in [0.25, 0.3) is 0 Å². The molecule has 11 nitrogen and oxygen atoms in total. The molecule has 0 aromatic rings. The summed E-state index contributed by atoms with van der Waals surface area (Å²) in [4.78, 5) is 68.2. The van der Waals surface area contributed by atoms with Crippen LogP contribution in [0.5, 0.6) is 0 Å².